The zero-order valence-corrected chi connectivity index (χ0v) is 16.9. The van der Waals surface area contributed by atoms with E-state index in [1.807, 2.05) is 18.2 Å². The standard InChI is InChI=1S/C19H22F3N4O2P/c1-29(2)14-5-3-4-11-12(6-23-16(11)14)15-13(19(20,21)22)7-24-17(25-15)26-18(8-27)9-28-10-18/h3-6,23,27H,7-10H2,1-2H3,(H2,24,25,26). The van der Waals surface area contributed by atoms with E-state index in [0.717, 1.165) is 16.2 Å². The first kappa shape index (κ1) is 20.2. The van der Waals surface area contributed by atoms with Crippen molar-refractivity contribution < 1.29 is 23.0 Å². The molecule has 29 heavy (non-hydrogen) atoms. The monoisotopic (exact) mass is 426 g/mol. The van der Waals surface area contributed by atoms with Crippen molar-refractivity contribution in [3.63, 3.8) is 0 Å². The molecule has 0 unspecified atom stereocenters. The number of guanidine groups is 1. The molecule has 2 aliphatic rings. The molecule has 0 aliphatic carbocycles. The normalized spacial score (nSPS) is 19.2. The van der Waals surface area contributed by atoms with E-state index in [9.17, 15) is 18.3 Å². The molecule has 1 fully saturated rings. The molecule has 10 heteroatoms. The van der Waals surface area contributed by atoms with Crippen LogP contribution in [0.3, 0.4) is 0 Å². The van der Waals surface area contributed by atoms with Crippen LogP contribution in [-0.2, 0) is 4.74 Å². The van der Waals surface area contributed by atoms with Crippen LogP contribution in [0.25, 0.3) is 16.6 Å². The van der Waals surface area contributed by atoms with Crippen LogP contribution >= 0.6 is 7.92 Å². The fourth-order valence-electron chi connectivity index (χ4n) is 3.52. The van der Waals surface area contributed by atoms with Gasteiger partial charge in [0, 0.05) is 17.1 Å². The number of aliphatic imine (C=N–C) groups is 1. The van der Waals surface area contributed by atoms with E-state index in [2.05, 4.69) is 33.9 Å². The Morgan fingerprint density at radius 2 is 2.07 bits per heavy atom. The molecule has 0 amide bonds. The van der Waals surface area contributed by atoms with Gasteiger partial charge in [-0.05, 0) is 18.6 Å². The van der Waals surface area contributed by atoms with Gasteiger partial charge in [0.2, 0.25) is 0 Å². The maximum absolute atomic E-state index is 13.7. The second-order valence-electron chi connectivity index (χ2n) is 7.49. The first-order valence-electron chi connectivity index (χ1n) is 9.10. The highest BCUT2D eigenvalue weighted by molar-refractivity contribution is 7.64. The number of benzene rings is 1. The molecule has 0 radical (unpaired) electrons. The summed E-state index contributed by atoms with van der Waals surface area (Å²) in [7, 11) is -0.425. The summed E-state index contributed by atoms with van der Waals surface area (Å²) in [5.41, 5.74) is -0.176. The number of rotatable bonds is 4. The van der Waals surface area contributed by atoms with E-state index in [0.29, 0.717) is 5.56 Å². The fraction of sp³-hybridized carbons (Fsp3) is 0.421. The highest BCUT2D eigenvalue weighted by Gasteiger charge is 2.42. The summed E-state index contributed by atoms with van der Waals surface area (Å²) in [6, 6.07) is 5.69. The number of nitrogens with zero attached hydrogens (tertiary/aromatic N) is 1. The van der Waals surface area contributed by atoms with Crippen molar-refractivity contribution in [1.82, 2.24) is 15.6 Å². The van der Waals surface area contributed by atoms with E-state index < -0.39 is 31.8 Å². The number of alkyl halides is 3. The first-order chi connectivity index (χ1) is 13.7. The Balaban J connectivity index is 1.75. The zero-order valence-electron chi connectivity index (χ0n) is 16.0. The smallest absolute Gasteiger partial charge is 0.394 e. The second-order valence-corrected chi connectivity index (χ2v) is 9.76. The predicted octanol–water partition coefficient (Wildman–Crippen LogP) is 2.12. The lowest BCUT2D eigenvalue weighted by Crippen LogP contribution is -2.66. The summed E-state index contributed by atoms with van der Waals surface area (Å²) in [6.45, 7) is 4.04. The lowest BCUT2D eigenvalue weighted by molar-refractivity contribution is -0.0926. The topological polar surface area (TPSA) is 81.7 Å². The number of fused-ring (bicyclic) bond motifs is 1. The first-order valence-corrected chi connectivity index (χ1v) is 11.3. The zero-order chi connectivity index (χ0) is 20.8. The highest BCUT2D eigenvalue weighted by atomic mass is 31.1. The van der Waals surface area contributed by atoms with Crippen LogP contribution in [0.5, 0.6) is 0 Å². The molecular formula is C19H22F3N4O2P. The van der Waals surface area contributed by atoms with Gasteiger partial charge in [-0.1, -0.05) is 26.1 Å². The van der Waals surface area contributed by atoms with Gasteiger partial charge in [-0.15, -0.1) is 0 Å². The Bertz CT molecular complexity index is 987. The summed E-state index contributed by atoms with van der Waals surface area (Å²) in [6.07, 6.45) is -2.91. The maximum atomic E-state index is 13.7. The van der Waals surface area contributed by atoms with E-state index in [1.54, 1.807) is 6.20 Å². The number of H-pyrrole nitrogens is 1. The lowest BCUT2D eigenvalue weighted by Gasteiger charge is -2.42. The van der Waals surface area contributed by atoms with Gasteiger partial charge < -0.3 is 25.5 Å². The molecule has 0 atom stereocenters. The maximum Gasteiger partial charge on any atom is 0.416 e. The van der Waals surface area contributed by atoms with Crippen molar-refractivity contribution in [2.75, 3.05) is 39.7 Å². The third-order valence-corrected chi connectivity index (χ3v) is 6.51. The number of aliphatic hydroxyl groups is 1. The Labute approximate surface area is 167 Å². The summed E-state index contributed by atoms with van der Waals surface area (Å²) < 4.78 is 46.4. The van der Waals surface area contributed by atoms with E-state index in [4.69, 9.17) is 4.74 Å². The number of hydrogen-bond donors (Lipinski definition) is 4. The van der Waals surface area contributed by atoms with Crippen LogP contribution in [-0.4, -0.2) is 67.5 Å². The van der Waals surface area contributed by atoms with Gasteiger partial charge in [0.05, 0.1) is 43.2 Å². The van der Waals surface area contributed by atoms with Crippen LogP contribution in [0.4, 0.5) is 13.2 Å². The number of ether oxygens (including phenoxy) is 1. The summed E-state index contributed by atoms with van der Waals surface area (Å²) >= 11 is 0. The number of aromatic nitrogens is 1. The van der Waals surface area contributed by atoms with Gasteiger partial charge in [-0.2, -0.15) is 13.2 Å². The highest BCUT2D eigenvalue weighted by Crippen LogP contribution is 2.37. The number of nitrogens with one attached hydrogen (secondary N) is 3. The number of aromatic amines is 1. The minimum Gasteiger partial charge on any atom is -0.394 e. The molecule has 3 heterocycles. The van der Waals surface area contributed by atoms with Gasteiger partial charge in [0.25, 0.3) is 0 Å². The quantitative estimate of drug-likeness (QED) is 0.565. The van der Waals surface area contributed by atoms with Gasteiger partial charge in [0.1, 0.15) is 5.54 Å². The van der Waals surface area contributed by atoms with Crippen molar-refractivity contribution in [1.29, 1.82) is 0 Å². The molecule has 4 rings (SSSR count). The average Bonchev–Trinajstić information content (AvgIpc) is 3.07. The van der Waals surface area contributed by atoms with Crippen LogP contribution in [0, 0.1) is 0 Å². The molecule has 4 N–H and O–H groups in total. The minimum atomic E-state index is -4.52. The molecule has 1 aromatic heterocycles. The van der Waals surface area contributed by atoms with Crippen molar-refractivity contribution in [3.05, 3.63) is 35.5 Å². The van der Waals surface area contributed by atoms with E-state index in [-0.39, 0.29) is 31.5 Å². The molecular weight excluding hydrogens is 404 g/mol. The minimum absolute atomic E-state index is 0.0248. The van der Waals surface area contributed by atoms with Gasteiger partial charge >= 0.3 is 6.18 Å². The van der Waals surface area contributed by atoms with Crippen molar-refractivity contribution in [2.45, 2.75) is 11.7 Å². The lowest BCUT2D eigenvalue weighted by atomic mass is 9.99. The summed E-state index contributed by atoms with van der Waals surface area (Å²) in [5, 5.41) is 17.3. The Kier molecular flexibility index (Phi) is 5.09. The summed E-state index contributed by atoms with van der Waals surface area (Å²) in [4.78, 5) is 7.18. The molecule has 6 nitrogen and oxygen atoms in total. The van der Waals surface area contributed by atoms with Crippen LogP contribution in [0.1, 0.15) is 5.56 Å². The van der Waals surface area contributed by atoms with Gasteiger partial charge in [0.15, 0.2) is 5.96 Å². The molecule has 1 aromatic carbocycles. The van der Waals surface area contributed by atoms with E-state index >= 15 is 0 Å². The Hall–Kier alpha value is -2.09. The molecule has 156 valence electrons. The van der Waals surface area contributed by atoms with Crippen molar-refractivity contribution in [2.24, 2.45) is 4.99 Å². The molecule has 2 aromatic rings. The number of aliphatic hydroxyl groups excluding tert-OH is 1. The van der Waals surface area contributed by atoms with Crippen LogP contribution < -0.4 is 15.9 Å². The Morgan fingerprint density at radius 3 is 2.66 bits per heavy atom. The van der Waals surface area contributed by atoms with Crippen LogP contribution in [0.2, 0.25) is 0 Å². The largest absolute Gasteiger partial charge is 0.416 e. The third kappa shape index (κ3) is 3.63. The third-order valence-electron chi connectivity index (χ3n) is 5.17. The number of para-hydroxylation sites is 1. The number of halogens is 3. The molecule has 0 saturated carbocycles. The van der Waals surface area contributed by atoms with E-state index in [1.165, 1.54) is 0 Å². The Morgan fingerprint density at radius 1 is 1.31 bits per heavy atom. The van der Waals surface area contributed by atoms with Gasteiger partial charge in [-0.25, -0.2) is 4.99 Å². The fourth-order valence-corrected chi connectivity index (χ4v) is 4.54. The molecule has 0 bridgehead atoms. The van der Waals surface area contributed by atoms with Crippen molar-refractivity contribution in [3.8, 4) is 0 Å². The van der Waals surface area contributed by atoms with Gasteiger partial charge in [-0.3, -0.25) is 0 Å². The average molecular weight is 426 g/mol. The van der Waals surface area contributed by atoms with Crippen molar-refractivity contribution >= 4 is 35.8 Å². The predicted molar refractivity (Wildman–Crippen MR) is 109 cm³/mol. The molecule has 0 spiro atoms. The molecule has 2 aliphatic heterocycles. The second kappa shape index (κ2) is 7.31. The molecule has 1 saturated heterocycles. The van der Waals surface area contributed by atoms with Crippen LogP contribution in [0.15, 0.2) is 35.0 Å². The SMILES string of the molecule is CP(C)c1cccc2c(C3=C(C(F)(F)F)CN=C(NC4(CO)COC4)N3)c[nH]c12. The number of hydrogen-bond acceptors (Lipinski definition) is 5. The summed E-state index contributed by atoms with van der Waals surface area (Å²) in [5.74, 6) is 0.198.